The van der Waals surface area contributed by atoms with Crippen LogP contribution in [0, 0.1) is 12.8 Å². The van der Waals surface area contributed by atoms with Crippen LogP contribution in [0.3, 0.4) is 0 Å². The standard InChI is InChI=1S/C12H17N3O4S/c1-3-15-7-11(13-8(15)2)20(18,19)14-10-5-4-9(6-10)12(16)17/h4-5,7,9-10,14H,3,6H2,1-2H3,(H,16,17). The molecule has 0 bridgehead atoms. The number of carbonyl (C=O) groups is 1. The van der Waals surface area contributed by atoms with Gasteiger partial charge >= 0.3 is 5.97 Å². The molecule has 0 saturated heterocycles. The fraction of sp³-hybridized carbons (Fsp3) is 0.500. The predicted molar refractivity (Wildman–Crippen MR) is 71.6 cm³/mol. The molecule has 0 saturated carbocycles. The van der Waals surface area contributed by atoms with Crippen molar-refractivity contribution >= 4 is 16.0 Å². The summed E-state index contributed by atoms with van der Waals surface area (Å²) in [5.41, 5.74) is 0. The molecule has 0 aromatic carbocycles. The fourth-order valence-corrected chi connectivity index (χ4v) is 3.37. The number of rotatable bonds is 5. The minimum Gasteiger partial charge on any atom is -0.481 e. The van der Waals surface area contributed by atoms with Gasteiger partial charge in [0.1, 0.15) is 5.82 Å². The number of carboxylic acid groups (broad SMARTS) is 1. The van der Waals surface area contributed by atoms with Crippen LogP contribution in [0.1, 0.15) is 19.2 Å². The molecule has 0 radical (unpaired) electrons. The Kier molecular flexibility index (Phi) is 3.96. The van der Waals surface area contributed by atoms with Gasteiger partial charge in [-0.3, -0.25) is 4.79 Å². The molecule has 1 aromatic heterocycles. The van der Waals surface area contributed by atoms with Gasteiger partial charge in [-0.15, -0.1) is 0 Å². The molecule has 0 amide bonds. The van der Waals surface area contributed by atoms with Crippen molar-refractivity contribution in [2.45, 2.75) is 37.9 Å². The van der Waals surface area contributed by atoms with Crippen LogP contribution in [0.4, 0.5) is 0 Å². The number of hydrogen-bond donors (Lipinski definition) is 2. The second-order valence-corrected chi connectivity index (χ2v) is 6.37. The first kappa shape index (κ1) is 14.7. The van der Waals surface area contributed by atoms with Gasteiger partial charge in [-0.05, 0) is 20.3 Å². The number of nitrogens with zero attached hydrogens (tertiary/aromatic N) is 2. The first-order chi connectivity index (χ1) is 9.33. The van der Waals surface area contributed by atoms with Crippen LogP contribution in [0.15, 0.2) is 23.4 Å². The van der Waals surface area contributed by atoms with Crippen molar-refractivity contribution in [1.29, 1.82) is 0 Å². The van der Waals surface area contributed by atoms with E-state index in [9.17, 15) is 13.2 Å². The molecular formula is C12H17N3O4S. The van der Waals surface area contributed by atoms with Crippen molar-refractivity contribution in [2.75, 3.05) is 0 Å². The molecular weight excluding hydrogens is 282 g/mol. The molecule has 1 aromatic rings. The predicted octanol–water partition coefficient (Wildman–Crippen LogP) is 0.519. The Morgan fingerprint density at radius 3 is 2.75 bits per heavy atom. The van der Waals surface area contributed by atoms with Crippen LogP contribution in [0.5, 0.6) is 0 Å². The van der Waals surface area contributed by atoms with E-state index in [1.165, 1.54) is 12.3 Å². The molecule has 8 heteroatoms. The minimum atomic E-state index is -3.73. The molecule has 0 aliphatic heterocycles. The molecule has 20 heavy (non-hydrogen) atoms. The SMILES string of the molecule is CCn1cc(S(=O)(=O)NC2C=CC(C(=O)O)C2)nc1C. The van der Waals surface area contributed by atoms with Crippen LogP contribution in [0.25, 0.3) is 0 Å². The van der Waals surface area contributed by atoms with E-state index < -0.39 is 28.0 Å². The zero-order valence-corrected chi connectivity index (χ0v) is 12.1. The highest BCUT2D eigenvalue weighted by Crippen LogP contribution is 2.20. The summed E-state index contributed by atoms with van der Waals surface area (Å²) in [5, 5.41) is 8.84. The second-order valence-electron chi connectivity index (χ2n) is 4.71. The Morgan fingerprint density at radius 1 is 1.55 bits per heavy atom. The van der Waals surface area contributed by atoms with E-state index in [-0.39, 0.29) is 11.4 Å². The van der Waals surface area contributed by atoms with E-state index in [1.807, 2.05) is 6.92 Å². The van der Waals surface area contributed by atoms with Crippen LogP contribution in [-0.2, 0) is 21.4 Å². The van der Waals surface area contributed by atoms with Crippen molar-refractivity contribution < 1.29 is 18.3 Å². The quantitative estimate of drug-likeness (QED) is 0.772. The zero-order chi connectivity index (χ0) is 14.9. The molecule has 2 unspecified atom stereocenters. The minimum absolute atomic E-state index is 0.0379. The number of hydrogen-bond acceptors (Lipinski definition) is 4. The number of carboxylic acids is 1. The summed E-state index contributed by atoms with van der Waals surface area (Å²) in [7, 11) is -3.73. The van der Waals surface area contributed by atoms with Gasteiger partial charge in [0.25, 0.3) is 10.0 Å². The van der Waals surface area contributed by atoms with Crippen LogP contribution < -0.4 is 4.72 Å². The van der Waals surface area contributed by atoms with E-state index >= 15 is 0 Å². The lowest BCUT2D eigenvalue weighted by molar-refractivity contribution is -0.140. The van der Waals surface area contributed by atoms with E-state index in [0.717, 1.165) is 0 Å². The van der Waals surface area contributed by atoms with Gasteiger partial charge < -0.3 is 9.67 Å². The first-order valence-corrected chi connectivity index (χ1v) is 7.79. The summed E-state index contributed by atoms with van der Waals surface area (Å²) in [4.78, 5) is 14.8. The number of imidazole rings is 1. The van der Waals surface area contributed by atoms with E-state index in [1.54, 1.807) is 17.6 Å². The molecule has 2 N–H and O–H groups in total. The second kappa shape index (κ2) is 5.37. The van der Waals surface area contributed by atoms with Crippen molar-refractivity contribution in [1.82, 2.24) is 14.3 Å². The Balaban J connectivity index is 2.12. The molecule has 2 rings (SSSR count). The molecule has 1 aliphatic rings. The topological polar surface area (TPSA) is 101 Å². The van der Waals surface area contributed by atoms with Gasteiger partial charge in [-0.2, -0.15) is 0 Å². The number of sulfonamides is 1. The van der Waals surface area contributed by atoms with E-state index in [4.69, 9.17) is 5.11 Å². The van der Waals surface area contributed by atoms with Gasteiger partial charge in [0, 0.05) is 18.8 Å². The molecule has 2 atom stereocenters. The lowest BCUT2D eigenvalue weighted by Gasteiger charge is -2.11. The Bertz CT molecular complexity index is 648. The summed E-state index contributed by atoms with van der Waals surface area (Å²) in [6.45, 7) is 4.27. The Labute approximate surface area is 117 Å². The molecule has 0 spiro atoms. The summed E-state index contributed by atoms with van der Waals surface area (Å²) in [6.07, 6.45) is 4.78. The lowest BCUT2D eigenvalue weighted by Crippen LogP contribution is -2.33. The number of aromatic nitrogens is 2. The maximum atomic E-state index is 12.2. The third-order valence-corrected chi connectivity index (χ3v) is 4.64. The third kappa shape index (κ3) is 2.91. The van der Waals surface area contributed by atoms with Crippen LogP contribution in [0.2, 0.25) is 0 Å². The van der Waals surface area contributed by atoms with Crippen molar-refractivity contribution in [3.8, 4) is 0 Å². The van der Waals surface area contributed by atoms with Crippen molar-refractivity contribution in [2.24, 2.45) is 5.92 Å². The fourth-order valence-electron chi connectivity index (χ4n) is 2.16. The molecule has 1 heterocycles. The summed E-state index contributed by atoms with van der Waals surface area (Å²) < 4.78 is 28.6. The van der Waals surface area contributed by atoms with Crippen LogP contribution in [-0.4, -0.2) is 35.1 Å². The highest BCUT2D eigenvalue weighted by Gasteiger charge is 2.29. The van der Waals surface area contributed by atoms with E-state index in [2.05, 4.69) is 9.71 Å². The number of nitrogens with one attached hydrogen (secondary N) is 1. The van der Waals surface area contributed by atoms with Gasteiger partial charge in [0.2, 0.25) is 0 Å². The molecule has 0 fully saturated rings. The van der Waals surface area contributed by atoms with E-state index in [0.29, 0.717) is 12.4 Å². The number of aryl methyl sites for hydroxylation is 2. The highest BCUT2D eigenvalue weighted by molar-refractivity contribution is 7.89. The molecule has 110 valence electrons. The summed E-state index contributed by atoms with van der Waals surface area (Å²) >= 11 is 0. The molecule has 7 nitrogen and oxygen atoms in total. The maximum absolute atomic E-state index is 12.2. The van der Waals surface area contributed by atoms with Crippen molar-refractivity contribution in [3.05, 3.63) is 24.2 Å². The molecule has 1 aliphatic carbocycles. The van der Waals surface area contributed by atoms with Gasteiger partial charge in [-0.1, -0.05) is 12.2 Å². The summed E-state index contributed by atoms with van der Waals surface area (Å²) in [5.74, 6) is -0.968. The monoisotopic (exact) mass is 299 g/mol. The van der Waals surface area contributed by atoms with Crippen molar-refractivity contribution in [3.63, 3.8) is 0 Å². The third-order valence-electron chi connectivity index (χ3n) is 3.28. The zero-order valence-electron chi connectivity index (χ0n) is 11.3. The Hall–Kier alpha value is -1.67. The number of aliphatic carboxylic acids is 1. The maximum Gasteiger partial charge on any atom is 0.310 e. The Morgan fingerprint density at radius 2 is 2.25 bits per heavy atom. The van der Waals surface area contributed by atoms with Gasteiger partial charge in [0.15, 0.2) is 5.03 Å². The summed E-state index contributed by atoms with van der Waals surface area (Å²) in [6, 6.07) is -0.506. The van der Waals surface area contributed by atoms with Crippen LogP contribution >= 0.6 is 0 Å². The lowest BCUT2D eigenvalue weighted by atomic mass is 10.1. The first-order valence-electron chi connectivity index (χ1n) is 6.30. The normalized spacial score (nSPS) is 22.3. The average molecular weight is 299 g/mol. The average Bonchev–Trinajstić information content (AvgIpc) is 2.95. The van der Waals surface area contributed by atoms with Gasteiger partial charge in [0.05, 0.1) is 5.92 Å². The smallest absolute Gasteiger partial charge is 0.310 e. The van der Waals surface area contributed by atoms with Gasteiger partial charge in [-0.25, -0.2) is 18.1 Å². The highest BCUT2D eigenvalue weighted by atomic mass is 32.2. The largest absolute Gasteiger partial charge is 0.481 e.